The van der Waals surface area contributed by atoms with Gasteiger partial charge in [0, 0.05) is 6.04 Å². The molecule has 20 heavy (non-hydrogen) atoms. The molecule has 0 spiro atoms. The Hall–Kier alpha value is -0.280. The van der Waals surface area contributed by atoms with E-state index in [0.717, 1.165) is 18.8 Å². The molecule has 3 atom stereocenters. The van der Waals surface area contributed by atoms with Crippen LogP contribution in [0.2, 0.25) is 0 Å². The van der Waals surface area contributed by atoms with Crippen LogP contribution in [0.3, 0.4) is 0 Å². The van der Waals surface area contributed by atoms with Crippen LogP contribution in [-0.2, 0) is 9.53 Å². The molecule has 0 unspecified atom stereocenters. The van der Waals surface area contributed by atoms with Crippen molar-refractivity contribution in [3.8, 4) is 0 Å². The van der Waals surface area contributed by atoms with Crippen molar-refractivity contribution in [2.24, 2.45) is 5.92 Å². The van der Waals surface area contributed by atoms with E-state index in [1.165, 1.54) is 51.4 Å². The first kappa shape index (κ1) is 17.8. The fraction of sp³-hybridized carbons (Fsp3) is 0.938. The number of unbranched alkanes of at least 4 members (excludes halogenated alkanes) is 5. The van der Waals surface area contributed by atoms with Gasteiger partial charge in [-0.2, -0.15) is 0 Å². The maximum Gasteiger partial charge on any atom is 0.323 e. The molecule has 1 saturated heterocycles. The van der Waals surface area contributed by atoms with E-state index in [0.29, 0.717) is 12.6 Å². The molecule has 0 amide bonds. The van der Waals surface area contributed by atoms with Gasteiger partial charge in [-0.15, -0.1) is 12.4 Å². The summed E-state index contributed by atoms with van der Waals surface area (Å²) in [5.74, 6) is 0.717. The minimum absolute atomic E-state index is 0. The van der Waals surface area contributed by atoms with Crippen LogP contribution < -0.4 is 5.32 Å². The minimum atomic E-state index is -0.0182. The number of fused-ring (bicyclic) bond motifs is 1. The lowest BCUT2D eigenvalue weighted by atomic mass is 10.0. The molecule has 0 aromatic carbocycles. The Labute approximate surface area is 129 Å². The van der Waals surface area contributed by atoms with Gasteiger partial charge in [-0.1, -0.05) is 45.4 Å². The molecule has 2 rings (SSSR count). The number of rotatable bonds is 8. The molecule has 4 heteroatoms. The highest BCUT2D eigenvalue weighted by molar-refractivity contribution is 5.85. The quantitative estimate of drug-likeness (QED) is 0.547. The second kappa shape index (κ2) is 9.62. The van der Waals surface area contributed by atoms with E-state index in [9.17, 15) is 4.79 Å². The van der Waals surface area contributed by atoms with Crippen LogP contribution in [0.5, 0.6) is 0 Å². The van der Waals surface area contributed by atoms with Crippen LogP contribution in [0.15, 0.2) is 0 Å². The van der Waals surface area contributed by atoms with Crippen molar-refractivity contribution in [2.45, 2.75) is 83.2 Å². The predicted octanol–water partition coefficient (Wildman–Crippen LogP) is 3.84. The van der Waals surface area contributed by atoms with Gasteiger partial charge in [-0.25, -0.2) is 0 Å². The second-order valence-corrected chi connectivity index (χ2v) is 6.19. The fourth-order valence-corrected chi connectivity index (χ4v) is 3.49. The lowest BCUT2D eigenvalue weighted by Crippen LogP contribution is -2.36. The van der Waals surface area contributed by atoms with Crippen molar-refractivity contribution in [3.63, 3.8) is 0 Å². The van der Waals surface area contributed by atoms with E-state index in [1.54, 1.807) is 0 Å². The van der Waals surface area contributed by atoms with Gasteiger partial charge in [0.05, 0.1) is 6.61 Å². The van der Waals surface area contributed by atoms with Crippen molar-refractivity contribution in [1.82, 2.24) is 5.32 Å². The van der Waals surface area contributed by atoms with Crippen LogP contribution in [0, 0.1) is 5.92 Å². The highest BCUT2D eigenvalue weighted by Crippen LogP contribution is 2.34. The van der Waals surface area contributed by atoms with Crippen LogP contribution in [0.1, 0.15) is 71.1 Å². The van der Waals surface area contributed by atoms with E-state index in [4.69, 9.17) is 4.74 Å². The lowest BCUT2D eigenvalue weighted by molar-refractivity contribution is -0.146. The molecule has 2 fully saturated rings. The average molecular weight is 304 g/mol. The van der Waals surface area contributed by atoms with Crippen molar-refractivity contribution in [1.29, 1.82) is 0 Å². The van der Waals surface area contributed by atoms with Crippen molar-refractivity contribution < 1.29 is 9.53 Å². The molecule has 0 bridgehead atoms. The van der Waals surface area contributed by atoms with Gasteiger partial charge in [0.2, 0.25) is 0 Å². The van der Waals surface area contributed by atoms with E-state index < -0.39 is 0 Å². The van der Waals surface area contributed by atoms with Crippen LogP contribution in [0.4, 0.5) is 0 Å². The Balaban J connectivity index is 0.00000200. The third kappa shape index (κ3) is 5.25. The molecule has 1 N–H and O–H groups in total. The smallest absolute Gasteiger partial charge is 0.323 e. The monoisotopic (exact) mass is 303 g/mol. The average Bonchev–Trinajstić information content (AvgIpc) is 2.98. The molecule has 2 aliphatic rings. The molecule has 0 radical (unpaired) electrons. The summed E-state index contributed by atoms with van der Waals surface area (Å²) < 4.78 is 5.40. The van der Waals surface area contributed by atoms with Crippen LogP contribution >= 0.6 is 12.4 Å². The summed E-state index contributed by atoms with van der Waals surface area (Å²) in [6, 6.07) is 0.571. The molecular weight excluding hydrogens is 274 g/mol. The largest absolute Gasteiger partial charge is 0.465 e. The van der Waals surface area contributed by atoms with Crippen molar-refractivity contribution in [3.05, 3.63) is 0 Å². The second-order valence-electron chi connectivity index (χ2n) is 6.19. The van der Waals surface area contributed by atoms with Crippen LogP contribution in [-0.4, -0.2) is 24.7 Å². The number of hydrogen-bond donors (Lipinski definition) is 1. The zero-order chi connectivity index (χ0) is 13.5. The summed E-state index contributed by atoms with van der Waals surface area (Å²) in [5.41, 5.74) is 0. The predicted molar refractivity (Wildman–Crippen MR) is 84.3 cm³/mol. The number of hydrogen-bond acceptors (Lipinski definition) is 3. The first-order valence-corrected chi connectivity index (χ1v) is 8.24. The number of esters is 1. The zero-order valence-electron chi connectivity index (χ0n) is 12.7. The van der Waals surface area contributed by atoms with Crippen LogP contribution in [0.25, 0.3) is 0 Å². The standard InChI is InChI=1S/C16H29NO2.ClH/c1-2-3-4-5-6-7-11-19-16(18)15-12-13-9-8-10-14(13)17-15;/h13-15,17H,2-12H2,1H3;1H/t13-,14-,15-;/m0./s1. The van der Waals surface area contributed by atoms with E-state index in [-0.39, 0.29) is 24.4 Å². The van der Waals surface area contributed by atoms with Gasteiger partial charge >= 0.3 is 5.97 Å². The first-order chi connectivity index (χ1) is 9.31. The highest BCUT2D eigenvalue weighted by Gasteiger charge is 2.40. The molecule has 3 nitrogen and oxygen atoms in total. The number of carbonyl (C=O) groups is 1. The maximum atomic E-state index is 11.9. The van der Waals surface area contributed by atoms with E-state index in [1.807, 2.05) is 0 Å². The highest BCUT2D eigenvalue weighted by atomic mass is 35.5. The normalized spacial score (nSPS) is 27.9. The third-order valence-electron chi connectivity index (χ3n) is 4.64. The minimum Gasteiger partial charge on any atom is -0.465 e. The van der Waals surface area contributed by atoms with Gasteiger partial charge in [-0.3, -0.25) is 4.79 Å². The number of halogens is 1. The molecule has 0 aromatic rings. The SMILES string of the molecule is CCCCCCCCOC(=O)[C@@H]1C[C@@H]2CCC[C@@H]2N1.Cl. The molecule has 1 saturated carbocycles. The topological polar surface area (TPSA) is 38.3 Å². The molecule has 1 heterocycles. The van der Waals surface area contributed by atoms with E-state index in [2.05, 4.69) is 12.2 Å². The zero-order valence-corrected chi connectivity index (χ0v) is 13.6. The van der Waals surface area contributed by atoms with Gasteiger partial charge < -0.3 is 10.1 Å². The van der Waals surface area contributed by atoms with Crippen molar-refractivity contribution >= 4 is 18.4 Å². The maximum absolute atomic E-state index is 11.9. The number of ether oxygens (including phenoxy) is 1. The third-order valence-corrected chi connectivity index (χ3v) is 4.64. The number of nitrogens with one attached hydrogen (secondary N) is 1. The molecule has 0 aromatic heterocycles. The van der Waals surface area contributed by atoms with Crippen molar-refractivity contribution in [2.75, 3.05) is 6.61 Å². The number of carbonyl (C=O) groups excluding carboxylic acids is 1. The lowest BCUT2D eigenvalue weighted by Gasteiger charge is -2.12. The summed E-state index contributed by atoms with van der Waals surface area (Å²) in [6.45, 7) is 2.84. The Kier molecular flexibility index (Phi) is 8.55. The molecule has 1 aliphatic heterocycles. The summed E-state index contributed by atoms with van der Waals surface area (Å²) >= 11 is 0. The summed E-state index contributed by atoms with van der Waals surface area (Å²) in [5, 5.41) is 3.45. The Morgan fingerprint density at radius 3 is 2.65 bits per heavy atom. The fourth-order valence-electron chi connectivity index (χ4n) is 3.49. The summed E-state index contributed by atoms with van der Waals surface area (Å²) in [7, 11) is 0. The first-order valence-electron chi connectivity index (χ1n) is 8.24. The van der Waals surface area contributed by atoms with Gasteiger partial charge in [0.15, 0.2) is 0 Å². The summed E-state index contributed by atoms with van der Waals surface area (Å²) in [4.78, 5) is 11.9. The molecular formula is C16H30ClNO2. The van der Waals surface area contributed by atoms with Gasteiger partial charge in [0.1, 0.15) is 6.04 Å². The van der Waals surface area contributed by atoms with Gasteiger partial charge in [-0.05, 0) is 31.6 Å². The van der Waals surface area contributed by atoms with Gasteiger partial charge in [0.25, 0.3) is 0 Å². The molecule has 1 aliphatic carbocycles. The molecule has 118 valence electrons. The summed E-state index contributed by atoms with van der Waals surface area (Å²) in [6.07, 6.45) is 12.3. The Bertz CT molecular complexity index is 274. The Morgan fingerprint density at radius 2 is 1.90 bits per heavy atom. The van der Waals surface area contributed by atoms with E-state index >= 15 is 0 Å². The Morgan fingerprint density at radius 1 is 1.15 bits per heavy atom.